The Hall–Kier alpha value is -3.49. The summed E-state index contributed by atoms with van der Waals surface area (Å²) in [7, 11) is 0. The van der Waals surface area contributed by atoms with Crippen molar-refractivity contribution in [1.29, 1.82) is 0 Å². The Morgan fingerprint density at radius 1 is 0.714 bits per heavy atom. The van der Waals surface area contributed by atoms with E-state index >= 15 is 0 Å². The summed E-state index contributed by atoms with van der Waals surface area (Å²) in [5, 5.41) is -0.794. The maximum atomic E-state index is 12.8. The maximum Gasteiger partial charge on any atom is 0.338 e. The van der Waals surface area contributed by atoms with Gasteiger partial charge in [-0.25, -0.2) is 14.4 Å². The van der Waals surface area contributed by atoms with Crippen molar-refractivity contribution >= 4 is 33.8 Å². The number of alkyl halides is 1. The van der Waals surface area contributed by atoms with Gasteiger partial charge in [-0.3, -0.25) is 0 Å². The molecule has 1 fully saturated rings. The monoisotopic (exact) mass is 538 g/mol. The summed E-state index contributed by atoms with van der Waals surface area (Å²) >= 11 is 3.40. The zero-order valence-corrected chi connectivity index (χ0v) is 20.2. The van der Waals surface area contributed by atoms with Crippen molar-refractivity contribution < 1.29 is 33.3 Å². The molecular weight excluding hydrogens is 516 g/mol. The van der Waals surface area contributed by atoms with E-state index in [0.29, 0.717) is 16.7 Å². The molecule has 0 amide bonds. The van der Waals surface area contributed by atoms with Gasteiger partial charge in [0.25, 0.3) is 0 Å². The van der Waals surface area contributed by atoms with Gasteiger partial charge in [-0.2, -0.15) is 0 Å². The Morgan fingerprint density at radius 2 is 1.17 bits per heavy atom. The van der Waals surface area contributed by atoms with Crippen molar-refractivity contribution in [2.45, 2.75) is 29.7 Å². The largest absolute Gasteiger partial charge is 0.459 e. The summed E-state index contributed by atoms with van der Waals surface area (Å²) in [5.74, 6) is -1.62. The van der Waals surface area contributed by atoms with Crippen molar-refractivity contribution in [3.63, 3.8) is 0 Å². The van der Waals surface area contributed by atoms with Gasteiger partial charge >= 0.3 is 17.9 Å². The molecule has 4 rings (SSSR count). The molecule has 3 aromatic carbocycles. The summed E-state index contributed by atoms with van der Waals surface area (Å²) in [6.07, 6.45) is -2.19. The van der Waals surface area contributed by atoms with Gasteiger partial charge in [0, 0.05) is 6.42 Å². The molecule has 35 heavy (non-hydrogen) atoms. The lowest BCUT2D eigenvalue weighted by Gasteiger charge is -2.38. The third-order valence-electron chi connectivity index (χ3n) is 5.37. The van der Waals surface area contributed by atoms with E-state index in [0.717, 1.165) is 0 Å². The van der Waals surface area contributed by atoms with Crippen LogP contribution in [-0.4, -0.2) is 47.8 Å². The topological polar surface area (TPSA) is 88.1 Å². The highest BCUT2D eigenvalue weighted by molar-refractivity contribution is 9.09. The van der Waals surface area contributed by atoms with Crippen LogP contribution in [0.1, 0.15) is 37.5 Å². The fraction of sp³-hybridized carbons (Fsp3) is 0.222. The summed E-state index contributed by atoms with van der Waals surface area (Å²) in [5.41, 5.74) is 1.14. The second kappa shape index (κ2) is 11.8. The number of carbonyl (C=O) groups excluding carboxylic acids is 3. The highest BCUT2D eigenvalue weighted by atomic mass is 79.9. The van der Waals surface area contributed by atoms with Crippen LogP contribution in [-0.2, 0) is 18.9 Å². The number of carbonyl (C=O) groups is 3. The van der Waals surface area contributed by atoms with E-state index in [4.69, 9.17) is 18.9 Å². The van der Waals surface area contributed by atoms with E-state index in [-0.39, 0.29) is 13.0 Å². The second-order valence-electron chi connectivity index (χ2n) is 7.86. The minimum Gasteiger partial charge on any atom is -0.459 e. The van der Waals surface area contributed by atoms with Gasteiger partial charge < -0.3 is 18.9 Å². The molecule has 0 aromatic heterocycles. The molecule has 4 atom stereocenters. The first kappa shape index (κ1) is 24.6. The molecule has 0 spiro atoms. The summed E-state index contributed by atoms with van der Waals surface area (Å²) in [4.78, 5) is 37.8. The molecule has 0 bridgehead atoms. The van der Waals surface area contributed by atoms with Gasteiger partial charge in [-0.15, -0.1) is 0 Å². The fourth-order valence-corrected chi connectivity index (χ4v) is 4.36. The van der Waals surface area contributed by atoms with Crippen LogP contribution in [0.5, 0.6) is 0 Å². The van der Waals surface area contributed by atoms with Crippen molar-refractivity contribution in [2.24, 2.45) is 0 Å². The Balaban J connectivity index is 1.47. The highest BCUT2D eigenvalue weighted by Gasteiger charge is 2.43. The number of halogens is 1. The van der Waals surface area contributed by atoms with Gasteiger partial charge in [0.15, 0.2) is 11.1 Å². The van der Waals surface area contributed by atoms with Gasteiger partial charge in [-0.1, -0.05) is 70.5 Å². The molecule has 1 saturated heterocycles. The molecule has 7 nitrogen and oxygen atoms in total. The standard InChI is InChI=1S/C27H23BrO7/c28-24-23(35-27(31)20-14-8-3-9-15-20)22(34-26(30)19-12-6-2-7-13-19)16-21(33-24)17-32-25(29)18-10-4-1-5-11-18/h1-15,21-24H,16-17H2. The molecule has 1 aliphatic rings. The minimum absolute atomic E-state index is 0.0609. The average Bonchev–Trinajstić information content (AvgIpc) is 2.90. The molecule has 0 radical (unpaired) electrons. The van der Waals surface area contributed by atoms with Crippen LogP contribution in [0.2, 0.25) is 0 Å². The molecule has 1 aliphatic heterocycles. The first-order valence-electron chi connectivity index (χ1n) is 11.0. The third kappa shape index (κ3) is 6.55. The predicted octanol–water partition coefficient (Wildman–Crippen LogP) is 4.80. The Morgan fingerprint density at radius 3 is 1.69 bits per heavy atom. The van der Waals surface area contributed by atoms with Crippen LogP contribution in [0.4, 0.5) is 0 Å². The summed E-state index contributed by atoms with van der Waals surface area (Å²) in [6.45, 7) is -0.0609. The normalized spacial score (nSPS) is 21.5. The fourth-order valence-electron chi connectivity index (χ4n) is 3.60. The Bertz CT molecular complexity index is 1140. The predicted molar refractivity (Wildman–Crippen MR) is 130 cm³/mol. The SMILES string of the molecule is O=C(OCC1CC(OC(=O)c2ccccc2)C(OC(=O)c2ccccc2)C(Br)O1)c1ccccc1. The van der Waals surface area contributed by atoms with Crippen LogP contribution in [0.25, 0.3) is 0 Å². The first-order valence-corrected chi connectivity index (χ1v) is 12.0. The first-order chi connectivity index (χ1) is 17.0. The number of benzene rings is 3. The van der Waals surface area contributed by atoms with Crippen LogP contribution < -0.4 is 0 Å². The molecule has 180 valence electrons. The molecule has 0 N–H and O–H groups in total. The number of hydrogen-bond acceptors (Lipinski definition) is 7. The molecule has 8 heteroatoms. The molecule has 0 saturated carbocycles. The van der Waals surface area contributed by atoms with Gasteiger partial charge in [0.1, 0.15) is 12.7 Å². The van der Waals surface area contributed by atoms with Crippen LogP contribution in [0.3, 0.4) is 0 Å². The van der Waals surface area contributed by atoms with Crippen molar-refractivity contribution in [1.82, 2.24) is 0 Å². The number of esters is 3. The Kier molecular flexibility index (Phi) is 8.28. The summed E-state index contributed by atoms with van der Waals surface area (Å²) < 4.78 is 22.8. The van der Waals surface area contributed by atoms with Crippen LogP contribution in [0.15, 0.2) is 91.0 Å². The highest BCUT2D eigenvalue weighted by Crippen LogP contribution is 2.30. The smallest absolute Gasteiger partial charge is 0.338 e. The lowest BCUT2D eigenvalue weighted by Crippen LogP contribution is -2.51. The van der Waals surface area contributed by atoms with E-state index in [1.165, 1.54) is 0 Å². The quantitative estimate of drug-likeness (QED) is 0.242. The lowest BCUT2D eigenvalue weighted by atomic mass is 10.0. The number of ether oxygens (including phenoxy) is 4. The zero-order chi connectivity index (χ0) is 24.6. The van der Waals surface area contributed by atoms with Crippen molar-refractivity contribution in [3.8, 4) is 0 Å². The lowest BCUT2D eigenvalue weighted by molar-refractivity contribution is -0.149. The second-order valence-corrected chi connectivity index (χ2v) is 8.76. The van der Waals surface area contributed by atoms with E-state index in [1.54, 1.807) is 91.0 Å². The molecule has 0 aliphatic carbocycles. The molecule has 4 unspecified atom stereocenters. The van der Waals surface area contributed by atoms with E-state index < -0.39 is 41.2 Å². The van der Waals surface area contributed by atoms with Crippen molar-refractivity contribution in [3.05, 3.63) is 108 Å². The maximum absolute atomic E-state index is 12.8. The van der Waals surface area contributed by atoms with Gasteiger partial charge in [0.05, 0.1) is 22.8 Å². The molecule has 3 aromatic rings. The number of rotatable bonds is 7. The summed E-state index contributed by atoms with van der Waals surface area (Å²) in [6, 6.07) is 25.6. The van der Waals surface area contributed by atoms with Gasteiger partial charge in [0.2, 0.25) is 0 Å². The van der Waals surface area contributed by atoms with E-state index in [9.17, 15) is 14.4 Å². The molecular formula is C27H23BrO7. The van der Waals surface area contributed by atoms with E-state index in [2.05, 4.69) is 15.9 Å². The van der Waals surface area contributed by atoms with Crippen molar-refractivity contribution in [2.75, 3.05) is 6.61 Å². The zero-order valence-electron chi connectivity index (χ0n) is 18.6. The minimum atomic E-state index is -0.920. The van der Waals surface area contributed by atoms with E-state index in [1.807, 2.05) is 0 Å². The molecule has 1 heterocycles. The van der Waals surface area contributed by atoms with Crippen LogP contribution >= 0.6 is 15.9 Å². The van der Waals surface area contributed by atoms with Gasteiger partial charge in [-0.05, 0) is 36.4 Å². The third-order valence-corrected chi connectivity index (χ3v) is 6.11. The Labute approximate surface area is 211 Å². The number of hydrogen-bond donors (Lipinski definition) is 0. The van der Waals surface area contributed by atoms with Crippen LogP contribution in [0, 0.1) is 0 Å². The average molecular weight is 539 g/mol.